The summed E-state index contributed by atoms with van der Waals surface area (Å²) in [4.78, 5) is 0. The summed E-state index contributed by atoms with van der Waals surface area (Å²) in [6.45, 7) is 2.48. The smallest absolute Gasteiger partial charge is 0.121 e. The number of halogens is 1. The molecule has 0 bridgehead atoms. The molecule has 0 aromatic heterocycles. The van der Waals surface area contributed by atoms with Crippen LogP contribution in [0.2, 0.25) is 0 Å². The molecule has 0 radical (unpaired) electrons. The fraction of sp³-hybridized carbons (Fsp3) is 0.333. The first-order valence-corrected chi connectivity index (χ1v) is 4.91. The number of hydrogen-bond acceptors (Lipinski definition) is 2. The predicted molar refractivity (Wildman–Crippen MR) is 58.3 cm³/mol. The molecule has 0 aliphatic rings. The average molecular weight is 277 g/mol. The zero-order valence-corrected chi connectivity index (χ0v) is 9.13. The van der Waals surface area contributed by atoms with Gasteiger partial charge < -0.3 is 10.8 Å². The van der Waals surface area contributed by atoms with Gasteiger partial charge in [-0.15, -0.1) is 0 Å². The molecule has 0 fully saturated rings. The Kier molecular flexibility index (Phi) is 3.34. The maximum absolute atomic E-state index is 9.59. The molecule has 66 valence electrons. The van der Waals surface area contributed by atoms with Gasteiger partial charge in [-0.25, -0.2) is 0 Å². The van der Waals surface area contributed by atoms with Crippen molar-refractivity contribution in [3.63, 3.8) is 0 Å². The molecule has 0 unspecified atom stereocenters. The van der Waals surface area contributed by atoms with Gasteiger partial charge >= 0.3 is 0 Å². The van der Waals surface area contributed by atoms with Crippen LogP contribution in [-0.2, 0) is 6.42 Å². The zero-order chi connectivity index (χ0) is 9.14. The molecule has 3 heteroatoms. The second-order valence-corrected chi connectivity index (χ2v) is 4.01. The van der Waals surface area contributed by atoms with E-state index in [2.05, 4.69) is 22.6 Å². The summed E-state index contributed by atoms with van der Waals surface area (Å²) in [6, 6.07) is 3.92. The third-order valence-corrected chi connectivity index (χ3v) is 2.38. The van der Waals surface area contributed by atoms with Crippen LogP contribution in [0.3, 0.4) is 0 Å². The van der Waals surface area contributed by atoms with E-state index in [4.69, 9.17) is 5.73 Å². The second-order valence-electron chi connectivity index (χ2n) is 2.77. The van der Waals surface area contributed by atoms with Crippen LogP contribution >= 0.6 is 22.6 Å². The van der Waals surface area contributed by atoms with E-state index in [1.54, 1.807) is 0 Å². The van der Waals surface area contributed by atoms with Gasteiger partial charge in [0.2, 0.25) is 0 Å². The Morgan fingerprint density at radius 3 is 2.75 bits per heavy atom. The molecule has 1 aromatic rings. The van der Waals surface area contributed by atoms with Crippen LogP contribution in [0.4, 0.5) is 0 Å². The number of hydrogen-bond donors (Lipinski definition) is 2. The molecule has 0 atom stereocenters. The highest BCUT2D eigenvalue weighted by molar-refractivity contribution is 14.1. The number of nitrogens with two attached hydrogens (primary N) is 1. The quantitative estimate of drug-likeness (QED) is 0.810. The molecule has 0 amide bonds. The van der Waals surface area contributed by atoms with Crippen molar-refractivity contribution in [3.05, 3.63) is 26.8 Å². The van der Waals surface area contributed by atoms with Gasteiger partial charge in [0.05, 0.1) is 0 Å². The Bertz CT molecular complexity index is 286. The average Bonchev–Trinajstić information content (AvgIpc) is 2.00. The minimum atomic E-state index is 0.390. The molecule has 1 aromatic carbocycles. The number of phenolic OH excluding ortho intramolecular Hbond substituents is 1. The third-order valence-electron chi connectivity index (χ3n) is 1.76. The summed E-state index contributed by atoms with van der Waals surface area (Å²) in [5.41, 5.74) is 7.28. The van der Waals surface area contributed by atoms with Gasteiger partial charge in [-0.2, -0.15) is 0 Å². The lowest BCUT2D eigenvalue weighted by Crippen LogP contribution is -2.03. The summed E-state index contributed by atoms with van der Waals surface area (Å²) < 4.78 is 1.14. The van der Waals surface area contributed by atoms with E-state index >= 15 is 0 Å². The maximum Gasteiger partial charge on any atom is 0.121 e. The molecule has 0 aliphatic heterocycles. The molecule has 1 rings (SSSR count). The monoisotopic (exact) mass is 277 g/mol. The molecule has 12 heavy (non-hydrogen) atoms. The van der Waals surface area contributed by atoms with Crippen molar-refractivity contribution in [1.82, 2.24) is 0 Å². The molecule has 3 N–H and O–H groups in total. The molecule has 0 aliphatic carbocycles. The molecular weight excluding hydrogens is 265 g/mol. The fourth-order valence-electron chi connectivity index (χ4n) is 1.15. The highest BCUT2D eigenvalue weighted by Gasteiger charge is 2.04. The number of rotatable bonds is 2. The SMILES string of the molecule is Cc1cc(I)cc(CCN)c1O. The molecular formula is C9H12INO. The van der Waals surface area contributed by atoms with Gasteiger partial charge in [-0.1, -0.05) is 0 Å². The summed E-state index contributed by atoms with van der Waals surface area (Å²) in [7, 11) is 0. The first-order chi connectivity index (χ1) is 5.65. The van der Waals surface area contributed by atoms with E-state index in [0.29, 0.717) is 12.3 Å². The molecule has 0 heterocycles. The minimum absolute atomic E-state index is 0.390. The Balaban J connectivity index is 3.09. The number of benzene rings is 1. The van der Waals surface area contributed by atoms with Crippen LogP contribution in [0, 0.1) is 10.5 Å². The predicted octanol–water partition coefficient (Wildman–Crippen LogP) is 1.81. The van der Waals surface area contributed by atoms with Gasteiger partial charge in [0.25, 0.3) is 0 Å². The second kappa shape index (κ2) is 4.09. The van der Waals surface area contributed by atoms with Gasteiger partial charge in [0, 0.05) is 3.57 Å². The molecule has 2 nitrogen and oxygen atoms in total. The Morgan fingerprint density at radius 2 is 2.17 bits per heavy atom. The lowest BCUT2D eigenvalue weighted by Gasteiger charge is -2.06. The largest absolute Gasteiger partial charge is 0.507 e. The van der Waals surface area contributed by atoms with E-state index in [1.165, 1.54) is 0 Å². The minimum Gasteiger partial charge on any atom is -0.507 e. The summed E-state index contributed by atoms with van der Waals surface area (Å²) in [5.74, 6) is 0.390. The number of phenols is 1. The Hall–Kier alpha value is -0.290. The summed E-state index contributed by atoms with van der Waals surface area (Å²) in [6.07, 6.45) is 0.740. The van der Waals surface area contributed by atoms with Crippen LogP contribution in [0.25, 0.3) is 0 Å². The first kappa shape index (κ1) is 9.80. The van der Waals surface area contributed by atoms with Crippen LogP contribution < -0.4 is 5.73 Å². The van der Waals surface area contributed by atoms with Gasteiger partial charge in [-0.3, -0.25) is 0 Å². The first-order valence-electron chi connectivity index (χ1n) is 3.83. The standard InChI is InChI=1S/C9H12INO/c1-6-4-8(10)5-7(2-3-11)9(6)12/h4-5,12H,2-3,11H2,1H3. The molecule has 0 spiro atoms. The van der Waals surface area contributed by atoms with E-state index in [9.17, 15) is 5.11 Å². The van der Waals surface area contributed by atoms with Crippen molar-refractivity contribution in [2.45, 2.75) is 13.3 Å². The lowest BCUT2D eigenvalue weighted by atomic mass is 10.1. The highest BCUT2D eigenvalue weighted by Crippen LogP contribution is 2.24. The van der Waals surface area contributed by atoms with Crippen LogP contribution in [0.1, 0.15) is 11.1 Å². The van der Waals surface area contributed by atoms with Crippen molar-refractivity contribution < 1.29 is 5.11 Å². The van der Waals surface area contributed by atoms with Crippen LogP contribution in [0.15, 0.2) is 12.1 Å². The van der Waals surface area contributed by atoms with E-state index in [1.807, 2.05) is 19.1 Å². The topological polar surface area (TPSA) is 46.2 Å². The lowest BCUT2D eigenvalue weighted by molar-refractivity contribution is 0.464. The van der Waals surface area contributed by atoms with Gasteiger partial charge in [-0.05, 0) is 65.7 Å². The van der Waals surface area contributed by atoms with Gasteiger partial charge in [0.15, 0.2) is 0 Å². The van der Waals surface area contributed by atoms with Crippen molar-refractivity contribution >= 4 is 22.6 Å². The summed E-state index contributed by atoms with van der Waals surface area (Å²) in [5, 5.41) is 9.59. The normalized spacial score (nSPS) is 10.2. The molecule has 0 saturated carbocycles. The highest BCUT2D eigenvalue weighted by atomic mass is 127. The van der Waals surface area contributed by atoms with E-state index in [0.717, 1.165) is 21.1 Å². The summed E-state index contributed by atoms with van der Waals surface area (Å²) >= 11 is 2.24. The van der Waals surface area contributed by atoms with Crippen LogP contribution in [0.5, 0.6) is 5.75 Å². The van der Waals surface area contributed by atoms with E-state index in [-0.39, 0.29) is 0 Å². The van der Waals surface area contributed by atoms with Crippen molar-refractivity contribution in [2.75, 3.05) is 6.54 Å². The van der Waals surface area contributed by atoms with E-state index < -0.39 is 0 Å². The maximum atomic E-state index is 9.59. The van der Waals surface area contributed by atoms with Crippen LogP contribution in [-0.4, -0.2) is 11.7 Å². The van der Waals surface area contributed by atoms with Crippen molar-refractivity contribution in [3.8, 4) is 5.75 Å². The third kappa shape index (κ3) is 2.10. The van der Waals surface area contributed by atoms with Crippen molar-refractivity contribution in [1.29, 1.82) is 0 Å². The van der Waals surface area contributed by atoms with Gasteiger partial charge in [0.1, 0.15) is 5.75 Å². The fourth-order valence-corrected chi connectivity index (χ4v) is 1.99. The Morgan fingerprint density at radius 1 is 1.50 bits per heavy atom. The number of aryl methyl sites for hydroxylation is 1. The number of aromatic hydroxyl groups is 1. The van der Waals surface area contributed by atoms with Crippen molar-refractivity contribution in [2.24, 2.45) is 5.73 Å². The zero-order valence-electron chi connectivity index (χ0n) is 6.97. The molecule has 0 saturated heterocycles. The Labute approximate surface area is 85.9 Å².